The minimum Gasteiger partial charge on any atom is -0.490 e. The number of ether oxygens (including phenoxy) is 1. The van der Waals surface area contributed by atoms with Crippen molar-refractivity contribution in [2.24, 2.45) is 0 Å². The third-order valence-electron chi connectivity index (χ3n) is 3.93. The van der Waals surface area contributed by atoms with Gasteiger partial charge in [-0.15, -0.1) is 0 Å². The van der Waals surface area contributed by atoms with Gasteiger partial charge in [-0.3, -0.25) is 0 Å². The summed E-state index contributed by atoms with van der Waals surface area (Å²) in [6, 6.07) is 6.90. The van der Waals surface area contributed by atoms with Crippen molar-refractivity contribution < 1.29 is 9.84 Å². The summed E-state index contributed by atoms with van der Waals surface area (Å²) >= 11 is 0. The number of aliphatic hydroxyl groups is 1. The maximum atomic E-state index is 10.3. The highest BCUT2D eigenvalue weighted by Crippen LogP contribution is 2.28. The van der Waals surface area contributed by atoms with E-state index in [-0.39, 0.29) is 5.41 Å². The van der Waals surface area contributed by atoms with Gasteiger partial charge in [0.1, 0.15) is 18.0 Å². The summed E-state index contributed by atoms with van der Waals surface area (Å²) in [5.74, 6) is 0.856. The Hall–Kier alpha value is -1.06. The fraction of sp³-hybridized carbons (Fsp3) is 0.667. The van der Waals surface area contributed by atoms with Gasteiger partial charge in [-0.05, 0) is 49.3 Å². The van der Waals surface area contributed by atoms with Gasteiger partial charge in [0.15, 0.2) is 0 Å². The smallest absolute Gasteiger partial charge is 0.122 e. The monoisotopic (exact) mass is 291 g/mol. The predicted molar refractivity (Wildman–Crippen MR) is 87.0 cm³/mol. The van der Waals surface area contributed by atoms with Gasteiger partial charge in [0.25, 0.3) is 0 Å². The van der Waals surface area contributed by atoms with E-state index < -0.39 is 5.60 Å². The van der Waals surface area contributed by atoms with Crippen molar-refractivity contribution in [3.8, 4) is 5.75 Å². The molecule has 1 aromatic carbocycles. The molecule has 1 saturated carbocycles. The molecule has 1 aromatic rings. The van der Waals surface area contributed by atoms with E-state index >= 15 is 0 Å². The van der Waals surface area contributed by atoms with Crippen LogP contribution in [-0.4, -0.2) is 29.9 Å². The highest BCUT2D eigenvalue weighted by Gasteiger charge is 2.27. The first kappa shape index (κ1) is 16.3. The van der Waals surface area contributed by atoms with Crippen LogP contribution in [0.5, 0.6) is 5.75 Å². The first-order chi connectivity index (χ1) is 9.67. The number of hydrogen-bond donors (Lipinski definition) is 2. The number of hydrogen-bond acceptors (Lipinski definition) is 3. The number of aryl methyl sites for hydroxylation is 1. The van der Waals surface area contributed by atoms with Gasteiger partial charge < -0.3 is 15.2 Å². The zero-order chi connectivity index (χ0) is 15.7. The lowest BCUT2D eigenvalue weighted by atomic mass is 9.86. The van der Waals surface area contributed by atoms with Gasteiger partial charge >= 0.3 is 0 Å². The third-order valence-corrected chi connectivity index (χ3v) is 3.93. The van der Waals surface area contributed by atoms with Gasteiger partial charge in [-0.2, -0.15) is 0 Å². The largest absolute Gasteiger partial charge is 0.490 e. The third kappa shape index (κ3) is 5.01. The lowest BCUT2D eigenvalue weighted by Crippen LogP contribution is -2.43. The minimum absolute atomic E-state index is 0.142. The van der Waals surface area contributed by atoms with Crippen molar-refractivity contribution in [2.45, 2.75) is 64.5 Å². The SMILES string of the molecule is Cc1cc(C(C)(C)C)ccc1OCC(C)(O)CNC1CC1. The fourth-order valence-corrected chi connectivity index (χ4v) is 2.21. The Morgan fingerprint density at radius 3 is 2.43 bits per heavy atom. The molecule has 1 atom stereocenters. The zero-order valence-corrected chi connectivity index (χ0v) is 14.0. The molecule has 0 heterocycles. The molecule has 1 aliphatic rings. The molecular formula is C18H29NO2. The van der Waals surface area contributed by atoms with E-state index in [4.69, 9.17) is 4.74 Å². The molecule has 0 bridgehead atoms. The molecule has 0 spiro atoms. The summed E-state index contributed by atoms with van der Waals surface area (Å²) in [6.07, 6.45) is 2.45. The second-order valence-electron chi connectivity index (χ2n) is 7.67. The minimum atomic E-state index is -0.836. The normalized spacial score (nSPS) is 18.4. The van der Waals surface area contributed by atoms with Gasteiger partial charge in [0.05, 0.1) is 0 Å². The average Bonchev–Trinajstić information content (AvgIpc) is 3.18. The Morgan fingerprint density at radius 1 is 1.24 bits per heavy atom. The van der Waals surface area contributed by atoms with Crippen LogP contribution in [-0.2, 0) is 5.41 Å². The number of nitrogens with one attached hydrogen (secondary N) is 1. The quantitative estimate of drug-likeness (QED) is 0.846. The van der Waals surface area contributed by atoms with Gasteiger partial charge in [-0.1, -0.05) is 32.9 Å². The van der Waals surface area contributed by atoms with E-state index in [1.54, 1.807) is 0 Å². The molecule has 0 amide bonds. The summed E-state index contributed by atoms with van der Waals surface area (Å²) in [4.78, 5) is 0. The first-order valence-electron chi connectivity index (χ1n) is 7.87. The lowest BCUT2D eigenvalue weighted by molar-refractivity contribution is 0.0118. The molecule has 2 rings (SSSR count). The standard InChI is InChI=1S/C18H29NO2/c1-13-10-14(17(2,3)4)6-9-16(13)21-12-18(5,20)11-19-15-7-8-15/h6,9-10,15,19-20H,7-8,11-12H2,1-5H3. The Kier molecular flexibility index (Phi) is 4.64. The summed E-state index contributed by atoms with van der Waals surface area (Å²) in [5.41, 5.74) is 1.73. The molecule has 1 fully saturated rings. The highest BCUT2D eigenvalue weighted by atomic mass is 16.5. The Balaban J connectivity index is 1.92. The number of rotatable bonds is 6. The molecule has 0 radical (unpaired) electrons. The average molecular weight is 291 g/mol. The molecule has 21 heavy (non-hydrogen) atoms. The Bertz CT molecular complexity index is 484. The Labute approximate surface area is 128 Å². The van der Waals surface area contributed by atoms with Gasteiger partial charge in [0.2, 0.25) is 0 Å². The second-order valence-corrected chi connectivity index (χ2v) is 7.67. The van der Waals surface area contributed by atoms with Crippen LogP contribution in [0.2, 0.25) is 0 Å². The molecular weight excluding hydrogens is 262 g/mol. The van der Waals surface area contributed by atoms with Crippen molar-refractivity contribution in [3.63, 3.8) is 0 Å². The van der Waals surface area contributed by atoms with E-state index in [0.29, 0.717) is 19.2 Å². The van der Waals surface area contributed by atoms with Crippen LogP contribution < -0.4 is 10.1 Å². The van der Waals surface area contributed by atoms with Crippen LogP contribution >= 0.6 is 0 Å². The molecule has 3 nitrogen and oxygen atoms in total. The van der Waals surface area contributed by atoms with E-state index in [0.717, 1.165) is 11.3 Å². The molecule has 0 aliphatic heterocycles. The van der Waals surface area contributed by atoms with E-state index in [1.165, 1.54) is 18.4 Å². The van der Waals surface area contributed by atoms with Gasteiger partial charge in [-0.25, -0.2) is 0 Å². The molecule has 1 unspecified atom stereocenters. The van der Waals surface area contributed by atoms with Gasteiger partial charge in [0, 0.05) is 12.6 Å². The summed E-state index contributed by atoms with van der Waals surface area (Å²) < 4.78 is 5.83. The van der Waals surface area contributed by atoms with Crippen molar-refractivity contribution in [1.82, 2.24) is 5.32 Å². The summed E-state index contributed by atoms with van der Waals surface area (Å²) in [5, 5.41) is 13.7. The van der Waals surface area contributed by atoms with Crippen LogP contribution in [0.15, 0.2) is 18.2 Å². The first-order valence-corrected chi connectivity index (χ1v) is 7.87. The van der Waals surface area contributed by atoms with Crippen molar-refractivity contribution in [3.05, 3.63) is 29.3 Å². The lowest BCUT2D eigenvalue weighted by Gasteiger charge is -2.25. The zero-order valence-electron chi connectivity index (χ0n) is 14.0. The van der Waals surface area contributed by atoms with E-state index in [9.17, 15) is 5.11 Å². The molecule has 118 valence electrons. The molecule has 1 aliphatic carbocycles. The van der Waals surface area contributed by atoms with E-state index in [1.807, 2.05) is 13.0 Å². The highest BCUT2D eigenvalue weighted by molar-refractivity contribution is 5.38. The van der Waals surface area contributed by atoms with Crippen molar-refractivity contribution in [1.29, 1.82) is 0 Å². The predicted octanol–water partition coefficient (Wildman–Crippen LogP) is 3.17. The molecule has 0 saturated heterocycles. The Morgan fingerprint density at radius 2 is 1.90 bits per heavy atom. The maximum Gasteiger partial charge on any atom is 0.122 e. The van der Waals surface area contributed by atoms with Crippen molar-refractivity contribution in [2.75, 3.05) is 13.2 Å². The fourth-order valence-electron chi connectivity index (χ4n) is 2.21. The van der Waals surface area contributed by atoms with Crippen LogP contribution in [0.25, 0.3) is 0 Å². The molecule has 0 aromatic heterocycles. The topological polar surface area (TPSA) is 41.5 Å². The summed E-state index contributed by atoms with van der Waals surface area (Å²) in [6.45, 7) is 11.4. The van der Waals surface area contributed by atoms with Crippen LogP contribution in [0.1, 0.15) is 51.7 Å². The van der Waals surface area contributed by atoms with E-state index in [2.05, 4.69) is 45.1 Å². The van der Waals surface area contributed by atoms with Crippen LogP contribution in [0, 0.1) is 6.92 Å². The second kappa shape index (κ2) is 5.98. The van der Waals surface area contributed by atoms with Crippen molar-refractivity contribution >= 4 is 0 Å². The maximum absolute atomic E-state index is 10.3. The number of benzene rings is 1. The summed E-state index contributed by atoms with van der Waals surface area (Å²) in [7, 11) is 0. The molecule has 2 N–H and O–H groups in total. The van der Waals surface area contributed by atoms with Crippen LogP contribution in [0.4, 0.5) is 0 Å². The molecule has 3 heteroatoms. The van der Waals surface area contributed by atoms with Crippen LogP contribution in [0.3, 0.4) is 0 Å².